The number of rotatable bonds is 5. The molecule has 0 bridgehead atoms. The van der Waals surface area contributed by atoms with Crippen molar-refractivity contribution in [3.63, 3.8) is 0 Å². The van der Waals surface area contributed by atoms with Crippen LogP contribution in [0, 0.1) is 0 Å². The smallest absolute Gasteiger partial charge is 0.0883 e. The van der Waals surface area contributed by atoms with Crippen molar-refractivity contribution in [2.75, 3.05) is 13.7 Å². The maximum absolute atomic E-state index is 9.17. The molecule has 15 heavy (non-hydrogen) atoms. The van der Waals surface area contributed by atoms with Gasteiger partial charge in [0.05, 0.1) is 12.2 Å². The average molecular weight is 229 g/mol. The fourth-order valence-corrected chi connectivity index (χ4v) is 1.56. The van der Waals surface area contributed by atoms with Gasteiger partial charge in [0.15, 0.2) is 0 Å². The largest absolute Gasteiger partial charge is 0.393 e. The zero-order chi connectivity index (χ0) is 11.3. The van der Waals surface area contributed by atoms with Gasteiger partial charge in [0.25, 0.3) is 0 Å². The molecule has 0 fully saturated rings. The van der Waals surface area contributed by atoms with E-state index < -0.39 is 5.60 Å². The molecule has 0 radical (unpaired) electrons. The van der Waals surface area contributed by atoms with Crippen LogP contribution in [-0.4, -0.2) is 24.4 Å². The third kappa shape index (κ3) is 3.82. The van der Waals surface area contributed by atoms with Gasteiger partial charge in [-0.15, -0.1) is 0 Å². The van der Waals surface area contributed by atoms with Gasteiger partial charge in [-0.1, -0.05) is 23.7 Å². The molecule has 0 saturated heterocycles. The van der Waals surface area contributed by atoms with Gasteiger partial charge in [0.2, 0.25) is 0 Å². The first kappa shape index (κ1) is 12.5. The molecule has 1 N–H and O–H groups in total. The lowest BCUT2D eigenvalue weighted by atomic mass is 9.97. The second kappa shape index (κ2) is 5.50. The molecule has 0 heterocycles. The number of ether oxygens (including phenoxy) is 1. The van der Waals surface area contributed by atoms with E-state index in [-0.39, 0.29) is 6.61 Å². The van der Waals surface area contributed by atoms with Gasteiger partial charge in [0.1, 0.15) is 0 Å². The molecular formula is C12H17ClO2. The number of hydrogen-bond donors (Lipinski definition) is 1. The Balaban J connectivity index is 2.56. The van der Waals surface area contributed by atoms with E-state index in [4.69, 9.17) is 21.4 Å². The minimum atomic E-state index is -0.456. The molecule has 0 aliphatic rings. The highest BCUT2D eigenvalue weighted by Gasteiger charge is 2.21. The third-order valence-electron chi connectivity index (χ3n) is 2.66. The molecule has 1 atom stereocenters. The molecule has 0 spiro atoms. The third-order valence-corrected chi connectivity index (χ3v) is 2.89. The van der Waals surface area contributed by atoms with Crippen LogP contribution in [0.15, 0.2) is 24.3 Å². The van der Waals surface area contributed by atoms with Crippen LogP contribution >= 0.6 is 11.6 Å². The van der Waals surface area contributed by atoms with Gasteiger partial charge < -0.3 is 9.84 Å². The SMILES string of the molecule is COC(C)(CO)CCc1cccc(Cl)c1. The summed E-state index contributed by atoms with van der Waals surface area (Å²) in [6.45, 7) is 1.93. The molecule has 0 amide bonds. The van der Waals surface area contributed by atoms with E-state index in [9.17, 15) is 0 Å². The zero-order valence-electron chi connectivity index (χ0n) is 9.16. The van der Waals surface area contributed by atoms with Gasteiger partial charge in [-0.25, -0.2) is 0 Å². The van der Waals surface area contributed by atoms with Crippen molar-refractivity contribution in [3.8, 4) is 0 Å². The van der Waals surface area contributed by atoms with Gasteiger partial charge >= 0.3 is 0 Å². The van der Waals surface area contributed by atoms with Crippen LogP contribution in [0.1, 0.15) is 18.9 Å². The quantitative estimate of drug-likeness (QED) is 0.840. The van der Waals surface area contributed by atoms with Crippen molar-refractivity contribution < 1.29 is 9.84 Å². The predicted octanol–water partition coefficient (Wildman–Crippen LogP) is 2.67. The summed E-state index contributed by atoms with van der Waals surface area (Å²) in [7, 11) is 1.62. The van der Waals surface area contributed by atoms with Crippen molar-refractivity contribution in [2.24, 2.45) is 0 Å². The molecule has 84 valence electrons. The molecule has 1 rings (SSSR count). The first-order chi connectivity index (χ1) is 7.09. The minimum absolute atomic E-state index is 0.0318. The lowest BCUT2D eigenvalue weighted by Crippen LogP contribution is -2.32. The van der Waals surface area contributed by atoms with Gasteiger partial charge in [-0.2, -0.15) is 0 Å². The Morgan fingerprint density at radius 3 is 2.73 bits per heavy atom. The number of aliphatic hydroxyl groups is 1. The van der Waals surface area contributed by atoms with Crippen molar-refractivity contribution in [2.45, 2.75) is 25.4 Å². The second-order valence-electron chi connectivity index (χ2n) is 3.94. The van der Waals surface area contributed by atoms with E-state index >= 15 is 0 Å². The Kier molecular flexibility index (Phi) is 4.58. The van der Waals surface area contributed by atoms with Crippen LogP contribution in [0.3, 0.4) is 0 Å². The number of aryl methyl sites for hydroxylation is 1. The van der Waals surface area contributed by atoms with Crippen molar-refractivity contribution in [1.29, 1.82) is 0 Å². The van der Waals surface area contributed by atoms with Gasteiger partial charge in [-0.05, 0) is 37.5 Å². The molecule has 1 unspecified atom stereocenters. The Morgan fingerprint density at radius 1 is 1.47 bits per heavy atom. The molecule has 0 aliphatic heterocycles. The van der Waals surface area contributed by atoms with Crippen LogP contribution < -0.4 is 0 Å². The lowest BCUT2D eigenvalue weighted by molar-refractivity contribution is -0.0429. The lowest BCUT2D eigenvalue weighted by Gasteiger charge is -2.25. The van der Waals surface area contributed by atoms with Gasteiger partial charge in [0, 0.05) is 12.1 Å². The predicted molar refractivity (Wildman–Crippen MR) is 62.3 cm³/mol. The molecule has 0 aliphatic carbocycles. The number of aliphatic hydroxyl groups excluding tert-OH is 1. The zero-order valence-corrected chi connectivity index (χ0v) is 9.92. The highest BCUT2D eigenvalue weighted by Crippen LogP contribution is 2.19. The van der Waals surface area contributed by atoms with Crippen LogP contribution in [0.25, 0.3) is 0 Å². The summed E-state index contributed by atoms with van der Waals surface area (Å²) in [6, 6.07) is 7.75. The van der Waals surface area contributed by atoms with E-state index in [1.54, 1.807) is 7.11 Å². The summed E-state index contributed by atoms with van der Waals surface area (Å²) >= 11 is 5.88. The molecule has 1 aromatic rings. The second-order valence-corrected chi connectivity index (χ2v) is 4.38. The topological polar surface area (TPSA) is 29.5 Å². The maximum Gasteiger partial charge on any atom is 0.0883 e. The Labute approximate surface area is 95.8 Å². The molecule has 2 nitrogen and oxygen atoms in total. The van der Waals surface area contributed by atoms with Crippen molar-refractivity contribution >= 4 is 11.6 Å². The fraction of sp³-hybridized carbons (Fsp3) is 0.500. The number of methoxy groups -OCH3 is 1. The monoisotopic (exact) mass is 228 g/mol. The molecule has 3 heteroatoms. The van der Waals surface area contributed by atoms with Crippen LogP contribution in [0.4, 0.5) is 0 Å². The van der Waals surface area contributed by atoms with E-state index in [0.29, 0.717) is 0 Å². The van der Waals surface area contributed by atoms with E-state index in [1.807, 2.05) is 31.2 Å². The highest BCUT2D eigenvalue weighted by atomic mass is 35.5. The summed E-state index contributed by atoms with van der Waals surface area (Å²) in [6.07, 6.45) is 1.63. The van der Waals surface area contributed by atoms with Crippen molar-refractivity contribution in [1.82, 2.24) is 0 Å². The summed E-state index contributed by atoms with van der Waals surface area (Å²) in [4.78, 5) is 0. The standard InChI is InChI=1S/C12H17ClO2/c1-12(9-14,15-2)7-6-10-4-3-5-11(13)8-10/h3-5,8,14H,6-7,9H2,1-2H3. The number of hydrogen-bond acceptors (Lipinski definition) is 2. The molecule has 0 saturated carbocycles. The number of halogens is 1. The van der Waals surface area contributed by atoms with Crippen LogP contribution in [0.5, 0.6) is 0 Å². The Bertz CT molecular complexity index is 308. The van der Waals surface area contributed by atoms with E-state index in [2.05, 4.69) is 0 Å². The fourth-order valence-electron chi connectivity index (χ4n) is 1.35. The maximum atomic E-state index is 9.17. The molecular weight excluding hydrogens is 212 g/mol. The highest BCUT2D eigenvalue weighted by molar-refractivity contribution is 6.30. The normalized spacial score (nSPS) is 14.9. The first-order valence-corrected chi connectivity index (χ1v) is 5.38. The minimum Gasteiger partial charge on any atom is -0.393 e. The molecule has 0 aromatic heterocycles. The Morgan fingerprint density at radius 2 is 2.20 bits per heavy atom. The number of benzene rings is 1. The Hall–Kier alpha value is -0.570. The van der Waals surface area contributed by atoms with E-state index in [1.165, 1.54) is 5.56 Å². The van der Waals surface area contributed by atoms with Crippen LogP contribution in [0.2, 0.25) is 5.02 Å². The summed E-state index contributed by atoms with van der Waals surface area (Å²) in [5.74, 6) is 0. The first-order valence-electron chi connectivity index (χ1n) is 5.00. The van der Waals surface area contributed by atoms with Crippen molar-refractivity contribution in [3.05, 3.63) is 34.9 Å². The van der Waals surface area contributed by atoms with Gasteiger partial charge in [-0.3, -0.25) is 0 Å². The summed E-state index contributed by atoms with van der Waals surface area (Å²) < 4.78 is 5.26. The molecule has 1 aromatic carbocycles. The summed E-state index contributed by atoms with van der Waals surface area (Å²) in [5, 5.41) is 9.91. The average Bonchev–Trinajstić information content (AvgIpc) is 2.26. The summed E-state index contributed by atoms with van der Waals surface area (Å²) in [5.41, 5.74) is 0.710. The van der Waals surface area contributed by atoms with Crippen LogP contribution in [-0.2, 0) is 11.2 Å². The van der Waals surface area contributed by atoms with E-state index in [0.717, 1.165) is 17.9 Å².